The lowest BCUT2D eigenvalue weighted by molar-refractivity contribution is -0.123. The van der Waals surface area contributed by atoms with Gasteiger partial charge in [0.05, 0.1) is 0 Å². The van der Waals surface area contributed by atoms with E-state index in [4.69, 9.17) is 0 Å². The van der Waals surface area contributed by atoms with Gasteiger partial charge in [-0.05, 0) is 58.2 Å². The molecule has 3 heteroatoms. The maximum atomic E-state index is 12.8. The van der Waals surface area contributed by atoms with Gasteiger partial charge in [0.25, 0.3) is 0 Å². The van der Waals surface area contributed by atoms with Crippen LogP contribution in [0.25, 0.3) is 0 Å². The summed E-state index contributed by atoms with van der Waals surface area (Å²) in [4.78, 5) is 15.2. The van der Waals surface area contributed by atoms with Crippen LogP contribution in [-0.4, -0.2) is 35.9 Å². The Morgan fingerprint density at radius 1 is 1.16 bits per heavy atom. The van der Waals surface area contributed by atoms with E-state index in [1.54, 1.807) is 0 Å². The molecule has 0 aromatic heterocycles. The zero-order chi connectivity index (χ0) is 17.6. The molecule has 0 amide bonds. The summed E-state index contributed by atoms with van der Waals surface area (Å²) in [6, 6.07) is 11.6. The van der Waals surface area contributed by atoms with Crippen LogP contribution in [0.3, 0.4) is 0 Å². The molecule has 1 N–H and O–H groups in total. The van der Waals surface area contributed by atoms with Crippen LogP contribution in [0.4, 0.5) is 0 Å². The van der Waals surface area contributed by atoms with Gasteiger partial charge < -0.3 is 5.32 Å². The summed E-state index contributed by atoms with van der Waals surface area (Å²) < 4.78 is 0. The molecule has 0 saturated carbocycles. The van der Waals surface area contributed by atoms with Gasteiger partial charge in [-0.3, -0.25) is 9.69 Å². The molecule has 2 aliphatic rings. The fraction of sp³-hybridized carbons (Fsp3) is 0.591. The van der Waals surface area contributed by atoms with Gasteiger partial charge in [0.15, 0.2) is 0 Å². The van der Waals surface area contributed by atoms with E-state index in [-0.39, 0.29) is 7.34 Å². The van der Waals surface area contributed by atoms with Crippen LogP contribution in [-0.2, 0) is 11.3 Å². The lowest BCUT2D eigenvalue weighted by Crippen LogP contribution is -2.36. The molecule has 25 heavy (non-hydrogen) atoms. The molecule has 2 heterocycles. The van der Waals surface area contributed by atoms with Crippen molar-refractivity contribution in [1.82, 2.24) is 10.2 Å². The van der Waals surface area contributed by atoms with Gasteiger partial charge in [-0.2, -0.15) is 0 Å². The van der Waals surface area contributed by atoms with E-state index >= 15 is 0 Å². The number of likely N-dealkylation sites (tertiary alicyclic amines) is 1. The first-order valence-corrected chi connectivity index (χ1v) is 9.83. The predicted molar refractivity (Wildman–Crippen MR) is 106 cm³/mol. The molecule has 138 valence electrons. The van der Waals surface area contributed by atoms with Crippen molar-refractivity contribution in [2.45, 2.75) is 64.6 Å². The van der Waals surface area contributed by atoms with E-state index in [2.05, 4.69) is 60.5 Å². The highest BCUT2D eigenvalue weighted by Gasteiger charge is 2.26. The Bertz CT molecular complexity index is 593. The number of ketones is 1. The van der Waals surface area contributed by atoms with Crippen LogP contribution >= 0.6 is 0 Å². The number of piperidine rings is 1. The Balaban J connectivity index is 0.00000243. The lowest BCUT2D eigenvalue weighted by Gasteiger charge is -2.31. The number of Topliss-reactive ketones (excluding diaryl/α,β-unsaturated/α-hetero) is 1. The van der Waals surface area contributed by atoms with E-state index in [9.17, 15) is 4.79 Å². The van der Waals surface area contributed by atoms with Crippen molar-refractivity contribution in [1.29, 1.82) is 0 Å². The Morgan fingerprint density at radius 2 is 1.88 bits per heavy atom. The van der Waals surface area contributed by atoms with Crippen LogP contribution in [0.15, 0.2) is 42.0 Å². The van der Waals surface area contributed by atoms with Crippen LogP contribution < -0.4 is 5.32 Å². The van der Waals surface area contributed by atoms with E-state index in [0.717, 1.165) is 45.3 Å². The Kier molecular flexibility index (Phi) is 6.44. The van der Waals surface area contributed by atoms with Gasteiger partial charge in [-0.1, -0.05) is 42.0 Å². The third kappa shape index (κ3) is 5.52. The first-order valence-electron chi connectivity index (χ1n) is 9.83. The van der Waals surface area contributed by atoms with Crippen molar-refractivity contribution in [2.24, 2.45) is 5.92 Å². The number of hydrogen-bond acceptors (Lipinski definition) is 3. The number of benzene rings is 1. The SMILES string of the molecule is CC1CC=C(CC(=O)C2CCN(Cc3ccccc3)CC2)CC(C)N1.[HH]. The second-order valence-corrected chi connectivity index (χ2v) is 7.95. The number of carbonyl (C=O) groups excluding carboxylic acids is 1. The van der Waals surface area contributed by atoms with Gasteiger partial charge in [0.2, 0.25) is 0 Å². The molecule has 0 spiro atoms. The fourth-order valence-electron chi connectivity index (χ4n) is 4.20. The summed E-state index contributed by atoms with van der Waals surface area (Å²) in [7, 11) is 0. The maximum absolute atomic E-state index is 12.8. The highest BCUT2D eigenvalue weighted by molar-refractivity contribution is 5.83. The number of rotatable bonds is 5. The molecule has 3 rings (SSSR count). The Hall–Kier alpha value is -1.45. The molecule has 2 atom stereocenters. The highest BCUT2D eigenvalue weighted by atomic mass is 16.1. The first-order chi connectivity index (χ1) is 12.1. The molecule has 0 bridgehead atoms. The van der Waals surface area contributed by atoms with Gasteiger partial charge in [0, 0.05) is 32.4 Å². The summed E-state index contributed by atoms with van der Waals surface area (Å²) >= 11 is 0. The number of carbonyl (C=O) groups is 1. The minimum Gasteiger partial charge on any atom is -0.311 e. The first kappa shape index (κ1) is 18.3. The molecular weight excluding hydrogens is 308 g/mol. The Labute approximate surface area is 154 Å². The lowest BCUT2D eigenvalue weighted by atomic mass is 9.88. The number of hydrogen-bond donors (Lipinski definition) is 1. The van der Waals surface area contributed by atoms with Crippen molar-refractivity contribution in [3.8, 4) is 0 Å². The molecule has 1 saturated heterocycles. The molecule has 1 aromatic rings. The second-order valence-electron chi connectivity index (χ2n) is 7.95. The summed E-state index contributed by atoms with van der Waals surface area (Å²) in [6.07, 6.45) is 7.07. The average Bonchev–Trinajstić information content (AvgIpc) is 2.76. The van der Waals surface area contributed by atoms with Crippen molar-refractivity contribution < 1.29 is 6.22 Å². The number of nitrogens with zero attached hydrogens (tertiary/aromatic N) is 1. The molecule has 1 fully saturated rings. The quantitative estimate of drug-likeness (QED) is 0.814. The Morgan fingerprint density at radius 3 is 2.60 bits per heavy atom. The number of nitrogens with one attached hydrogen (secondary N) is 1. The molecule has 0 radical (unpaired) electrons. The molecule has 1 aromatic carbocycles. The van der Waals surface area contributed by atoms with Gasteiger partial charge in [-0.15, -0.1) is 0 Å². The largest absolute Gasteiger partial charge is 0.311 e. The van der Waals surface area contributed by atoms with Gasteiger partial charge >= 0.3 is 0 Å². The average molecular weight is 343 g/mol. The molecule has 2 aliphatic heterocycles. The third-order valence-corrected chi connectivity index (χ3v) is 5.59. The predicted octanol–water partition coefficient (Wildman–Crippen LogP) is 4.19. The molecule has 2 unspecified atom stereocenters. The van der Waals surface area contributed by atoms with Crippen molar-refractivity contribution in [3.63, 3.8) is 0 Å². The van der Waals surface area contributed by atoms with Crippen LogP contribution in [0.2, 0.25) is 0 Å². The summed E-state index contributed by atoms with van der Waals surface area (Å²) in [5.41, 5.74) is 2.72. The minimum atomic E-state index is 0. The van der Waals surface area contributed by atoms with E-state index in [1.165, 1.54) is 11.1 Å². The smallest absolute Gasteiger partial charge is 0.140 e. The molecular formula is C22H34N2O. The van der Waals surface area contributed by atoms with Crippen LogP contribution in [0.1, 0.15) is 52.9 Å². The molecule has 0 aliphatic carbocycles. The monoisotopic (exact) mass is 342 g/mol. The van der Waals surface area contributed by atoms with Gasteiger partial charge in [0.1, 0.15) is 5.78 Å². The fourth-order valence-corrected chi connectivity index (χ4v) is 4.20. The van der Waals surface area contributed by atoms with Crippen LogP contribution in [0, 0.1) is 5.92 Å². The zero-order valence-electron chi connectivity index (χ0n) is 15.7. The summed E-state index contributed by atoms with van der Waals surface area (Å²) in [5.74, 6) is 0.726. The third-order valence-electron chi connectivity index (χ3n) is 5.59. The standard InChI is InChI=1S/C22H32N2O.H2/c1-17-8-9-20(14-18(2)23-17)15-22(25)21-10-12-24(13-11-21)16-19-6-4-3-5-7-19;/h3-7,9,17-18,21,23H,8,10-16H2,1-2H3;1H. The topological polar surface area (TPSA) is 32.3 Å². The van der Waals surface area contributed by atoms with Gasteiger partial charge in [-0.25, -0.2) is 0 Å². The second kappa shape index (κ2) is 8.77. The summed E-state index contributed by atoms with van der Waals surface area (Å²) in [6.45, 7) is 7.54. The zero-order valence-corrected chi connectivity index (χ0v) is 15.7. The summed E-state index contributed by atoms with van der Waals surface area (Å²) in [5, 5.41) is 3.58. The highest BCUT2D eigenvalue weighted by Crippen LogP contribution is 2.25. The van der Waals surface area contributed by atoms with Crippen molar-refractivity contribution >= 4 is 5.78 Å². The van der Waals surface area contributed by atoms with E-state index in [1.807, 2.05) is 0 Å². The van der Waals surface area contributed by atoms with E-state index in [0.29, 0.717) is 24.3 Å². The van der Waals surface area contributed by atoms with Crippen molar-refractivity contribution in [3.05, 3.63) is 47.5 Å². The molecule has 3 nitrogen and oxygen atoms in total. The van der Waals surface area contributed by atoms with Crippen molar-refractivity contribution in [2.75, 3.05) is 13.1 Å². The van der Waals surface area contributed by atoms with Crippen LogP contribution in [0.5, 0.6) is 0 Å². The minimum absolute atomic E-state index is 0. The van der Waals surface area contributed by atoms with E-state index < -0.39 is 0 Å². The normalized spacial score (nSPS) is 26.1. The maximum Gasteiger partial charge on any atom is 0.140 e.